The van der Waals surface area contributed by atoms with Crippen LogP contribution >= 0.6 is 0 Å². The van der Waals surface area contributed by atoms with Crippen LogP contribution in [-0.2, 0) is 19.1 Å². The number of carbonyl (C=O) groups is 2. The van der Waals surface area contributed by atoms with Gasteiger partial charge >= 0.3 is 11.9 Å². The van der Waals surface area contributed by atoms with Gasteiger partial charge in [-0.2, -0.15) is 0 Å². The molecule has 0 aliphatic heterocycles. The van der Waals surface area contributed by atoms with Gasteiger partial charge < -0.3 is 9.47 Å². The zero-order valence-corrected chi connectivity index (χ0v) is 11.9. The van der Waals surface area contributed by atoms with E-state index < -0.39 is 0 Å². The maximum absolute atomic E-state index is 11.1. The average molecular weight is 278 g/mol. The van der Waals surface area contributed by atoms with Gasteiger partial charge in [0.2, 0.25) is 0 Å². The first-order valence-corrected chi connectivity index (χ1v) is 6.89. The molecule has 0 saturated carbocycles. The third-order valence-electron chi connectivity index (χ3n) is 2.64. The molecule has 0 radical (unpaired) electrons. The summed E-state index contributed by atoms with van der Waals surface area (Å²) in [5.41, 5.74) is 0. The van der Waals surface area contributed by atoms with Crippen molar-refractivity contribution in [3.05, 3.63) is 0 Å². The van der Waals surface area contributed by atoms with Gasteiger partial charge in [0.05, 0.1) is 0 Å². The Hall–Kier alpha value is -1.94. The van der Waals surface area contributed by atoms with Crippen LogP contribution in [0, 0.1) is 24.7 Å². The van der Waals surface area contributed by atoms with Gasteiger partial charge in [-0.1, -0.05) is 37.5 Å². The molecule has 0 heterocycles. The number of hydrogen-bond acceptors (Lipinski definition) is 4. The molecule has 4 heteroatoms. The highest BCUT2D eigenvalue weighted by atomic mass is 16.5. The predicted octanol–water partition coefficient (Wildman–Crippen LogP) is 2.46. The molecule has 0 aliphatic carbocycles. The fraction of sp³-hybridized carbons (Fsp3) is 0.625. The van der Waals surface area contributed by atoms with Gasteiger partial charge in [-0.05, 0) is 12.8 Å². The minimum atomic E-state index is -0.237. The standard InChI is InChI=1S/C16H22O4/c1-3-13-19-15(17)11-9-7-5-6-8-10-12-16(18)20-14-4-2/h1-2H,5-14H2. The fourth-order valence-corrected chi connectivity index (χ4v) is 1.63. The molecular formula is C16H22O4. The highest BCUT2D eigenvalue weighted by Gasteiger charge is 2.02. The molecular weight excluding hydrogens is 256 g/mol. The molecule has 0 fully saturated rings. The van der Waals surface area contributed by atoms with Crippen LogP contribution in [0.1, 0.15) is 51.4 Å². The molecule has 0 aromatic heterocycles. The van der Waals surface area contributed by atoms with E-state index in [-0.39, 0.29) is 25.2 Å². The number of esters is 2. The van der Waals surface area contributed by atoms with Crippen molar-refractivity contribution in [1.82, 2.24) is 0 Å². The van der Waals surface area contributed by atoms with E-state index in [1.54, 1.807) is 0 Å². The van der Waals surface area contributed by atoms with Crippen molar-refractivity contribution in [2.75, 3.05) is 13.2 Å². The van der Waals surface area contributed by atoms with Crippen molar-refractivity contribution in [2.45, 2.75) is 51.4 Å². The Kier molecular flexibility index (Phi) is 12.2. The molecule has 0 spiro atoms. The molecule has 0 saturated heterocycles. The van der Waals surface area contributed by atoms with E-state index in [1.165, 1.54) is 0 Å². The molecule has 0 unspecified atom stereocenters. The van der Waals surface area contributed by atoms with Crippen LogP contribution in [0.4, 0.5) is 0 Å². The Morgan fingerprint density at radius 2 is 1.05 bits per heavy atom. The van der Waals surface area contributed by atoms with Crippen LogP contribution in [0.5, 0.6) is 0 Å². The van der Waals surface area contributed by atoms with E-state index >= 15 is 0 Å². The minimum Gasteiger partial charge on any atom is -0.452 e. The van der Waals surface area contributed by atoms with Gasteiger partial charge in [-0.25, -0.2) is 0 Å². The van der Waals surface area contributed by atoms with E-state index in [0.29, 0.717) is 12.8 Å². The minimum absolute atomic E-state index is 0.0502. The maximum Gasteiger partial charge on any atom is 0.306 e. The SMILES string of the molecule is C#CCOC(=O)CCCCCCCCC(=O)OCC#C. The lowest BCUT2D eigenvalue weighted by Crippen LogP contribution is -2.04. The van der Waals surface area contributed by atoms with Gasteiger partial charge in [-0.15, -0.1) is 12.8 Å². The Morgan fingerprint density at radius 1 is 0.700 bits per heavy atom. The lowest BCUT2D eigenvalue weighted by Gasteiger charge is -2.03. The Labute approximate surface area is 121 Å². The highest BCUT2D eigenvalue weighted by Crippen LogP contribution is 2.09. The molecule has 0 rings (SSSR count). The lowest BCUT2D eigenvalue weighted by molar-refractivity contribution is -0.143. The zero-order chi connectivity index (χ0) is 15.1. The largest absolute Gasteiger partial charge is 0.452 e. The van der Waals surface area contributed by atoms with Crippen LogP contribution in [0.3, 0.4) is 0 Å². The van der Waals surface area contributed by atoms with E-state index in [4.69, 9.17) is 22.3 Å². The van der Waals surface area contributed by atoms with Gasteiger partial charge in [-0.3, -0.25) is 9.59 Å². The van der Waals surface area contributed by atoms with Gasteiger partial charge in [0.25, 0.3) is 0 Å². The monoisotopic (exact) mass is 278 g/mol. The second kappa shape index (κ2) is 13.5. The van der Waals surface area contributed by atoms with Crippen molar-refractivity contribution < 1.29 is 19.1 Å². The molecule has 0 N–H and O–H groups in total. The molecule has 0 atom stereocenters. The normalized spacial score (nSPS) is 9.30. The van der Waals surface area contributed by atoms with Gasteiger partial charge in [0, 0.05) is 12.8 Å². The molecule has 4 nitrogen and oxygen atoms in total. The van der Waals surface area contributed by atoms with Crippen LogP contribution in [0.2, 0.25) is 0 Å². The molecule has 0 aliphatic rings. The molecule has 20 heavy (non-hydrogen) atoms. The molecule has 0 amide bonds. The van der Waals surface area contributed by atoms with Crippen LogP contribution in [0.25, 0.3) is 0 Å². The number of unbranched alkanes of at least 4 members (excludes halogenated alkanes) is 5. The summed E-state index contributed by atoms with van der Waals surface area (Å²) in [5, 5.41) is 0. The molecule has 110 valence electrons. The topological polar surface area (TPSA) is 52.6 Å². The second-order valence-electron chi connectivity index (χ2n) is 4.35. The summed E-state index contributed by atoms with van der Waals surface area (Å²) >= 11 is 0. The Balaban J connectivity index is 3.25. The maximum atomic E-state index is 11.1. The van der Waals surface area contributed by atoms with E-state index in [2.05, 4.69) is 11.8 Å². The highest BCUT2D eigenvalue weighted by molar-refractivity contribution is 5.69. The van der Waals surface area contributed by atoms with Crippen LogP contribution in [-0.4, -0.2) is 25.2 Å². The predicted molar refractivity (Wildman–Crippen MR) is 76.5 cm³/mol. The summed E-state index contributed by atoms with van der Waals surface area (Å²) in [6.45, 7) is 0.100. The zero-order valence-electron chi connectivity index (χ0n) is 11.9. The number of terminal acetylenes is 2. The van der Waals surface area contributed by atoms with Crippen molar-refractivity contribution in [2.24, 2.45) is 0 Å². The summed E-state index contributed by atoms with van der Waals surface area (Å²) < 4.78 is 9.51. The van der Waals surface area contributed by atoms with Gasteiger partial charge in [0.15, 0.2) is 13.2 Å². The van der Waals surface area contributed by atoms with Crippen molar-refractivity contribution in [3.63, 3.8) is 0 Å². The smallest absolute Gasteiger partial charge is 0.306 e. The second-order valence-corrected chi connectivity index (χ2v) is 4.35. The van der Waals surface area contributed by atoms with Crippen molar-refractivity contribution >= 4 is 11.9 Å². The first-order chi connectivity index (χ1) is 9.70. The Bertz CT molecular complexity index is 324. The number of hydrogen-bond donors (Lipinski definition) is 0. The van der Waals surface area contributed by atoms with E-state index in [9.17, 15) is 9.59 Å². The van der Waals surface area contributed by atoms with Crippen LogP contribution in [0.15, 0.2) is 0 Å². The van der Waals surface area contributed by atoms with Crippen molar-refractivity contribution in [1.29, 1.82) is 0 Å². The number of rotatable bonds is 11. The lowest BCUT2D eigenvalue weighted by atomic mass is 10.1. The van der Waals surface area contributed by atoms with Crippen molar-refractivity contribution in [3.8, 4) is 24.7 Å². The summed E-state index contributed by atoms with van der Waals surface area (Å²) in [7, 11) is 0. The van der Waals surface area contributed by atoms with E-state index in [1.807, 2.05) is 0 Å². The molecule has 0 bridgehead atoms. The average Bonchev–Trinajstić information content (AvgIpc) is 2.45. The van der Waals surface area contributed by atoms with E-state index in [0.717, 1.165) is 38.5 Å². The molecule has 0 aromatic carbocycles. The summed E-state index contributed by atoms with van der Waals surface area (Å²) in [4.78, 5) is 22.2. The Morgan fingerprint density at radius 3 is 1.40 bits per heavy atom. The first kappa shape index (κ1) is 18.1. The van der Waals surface area contributed by atoms with Crippen LogP contribution < -0.4 is 0 Å². The summed E-state index contributed by atoms with van der Waals surface area (Å²) in [6, 6.07) is 0. The number of carbonyl (C=O) groups excluding carboxylic acids is 2. The fourth-order valence-electron chi connectivity index (χ4n) is 1.63. The summed E-state index contributed by atoms with van der Waals surface area (Å²) in [5.74, 6) is 4.03. The van der Waals surface area contributed by atoms with Gasteiger partial charge in [0.1, 0.15) is 0 Å². The number of ether oxygens (including phenoxy) is 2. The first-order valence-electron chi connectivity index (χ1n) is 6.89. The summed E-state index contributed by atoms with van der Waals surface area (Å²) in [6.07, 6.45) is 16.5. The quantitative estimate of drug-likeness (QED) is 0.331. The third kappa shape index (κ3) is 12.5. The molecule has 0 aromatic rings. The third-order valence-corrected chi connectivity index (χ3v) is 2.64.